The Morgan fingerprint density at radius 1 is 1.15 bits per heavy atom. The number of halogens is 1. The van der Waals surface area contributed by atoms with Crippen molar-refractivity contribution in [1.29, 1.82) is 0 Å². The highest BCUT2D eigenvalue weighted by atomic mass is 32.2. The van der Waals surface area contributed by atoms with Crippen molar-refractivity contribution in [2.24, 2.45) is 0 Å². The van der Waals surface area contributed by atoms with Crippen molar-refractivity contribution in [3.63, 3.8) is 0 Å². The third-order valence-electron chi connectivity index (χ3n) is 4.14. The first-order chi connectivity index (χ1) is 9.53. The zero-order chi connectivity index (χ0) is 14.2. The van der Waals surface area contributed by atoms with Crippen LogP contribution in [0.3, 0.4) is 0 Å². The Bertz CT molecular complexity index is 573. The van der Waals surface area contributed by atoms with Gasteiger partial charge in [0.15, 0.2) is 0 Å². The normalized spacial score (nSPS) is 27.4. The Hall–Kier alpha value is -0.980. The van der Waals surface area contributed by atoms with Crippen molar-refractivity contribution in [1.82, 2.24) is 9.62 Å². The average molecular weight is 298 g/mol. The number of hydrogen-bond acceptors (Lipinski definition) is 3. The van der Waals surface area contributed by atoms with Gasteiger partial charge in [-0.3, -0.25) is 0 Å². The molecule has 0 saturated carbocycles. The van der Waals surface area contributed by atoms with E-state index in [4.69, 9.17) is 0 Å². The van der Waals surface area contributed by atoms with Crippen LogP contribution < -0.4 is 5.32 Å². The number of fused-ring (bicyclic) bond motifs is 2. The molecule has 2 heterocycles. The molecule has 2 bridgehead atoms. The van der Waals surface area contributed by atoms with Crippen molar-refractivity contribution < 1.29 is 12.8 Å². The number of sulfonamides is 1. The smallest absolute Gasteiger partial charge is 0.218 e. The lowest BCUT2D eigenvalue weighted by atomic mass is 10.1. The lowest BCUT2D eigenvalue weighted by Gasteiger charge is -2.23. The van der Waals surface area contributed by atoms with Gasteiger partial charge in [-0.2, -0.15) is 0 Å². The number of nitrogens with one attached hydrogen (secondary N) is 1. The van der Waals surface area contributed by atoms with E-state index in [9.17, 15) is 12.8 Å². The molecule has 110 valence electrons. The highest BCUT2D eigenvalue weighted by Gasteiger charge is 2.34. The molecule has 6 heteroatoms. The standard InChI is InChI=1S/C14H19FN2O2S/c15-12-3-1-11(2-4-12)10-20(18,19)17-8-7-13-5-6-14(9-17)16-13/h1-4,13-14,16H,5-10H2. The molecule has 0 aliphatic carbocycles. The van der Waals surface area contributed by atoms with Gasteiger partial charge in [0.05, 0.1) is 5.75 Å². The number of hydrogen-bond donors (Lipinski definition) is 1. The summed E-state index contributed by atoms with van der Waals surface area (Å²) in [4.78, 5) is 0. The summed E-state index contributed by atoms with van der Waals surface area (Å²) in [5.74, 6) is -0.396. The average Bonchev–Trinajstić information content (AvgIpc) is 2.71. The van der Waals surface area contributed by atoms with Gasteiger partial charge in [0, 0.05) is 25.2 Å². The minimum absolute atomic E-state index is 0.0509. The van der Waals surface area contributed by atoms with Gasteiger partial charge in [-0.05, 0) is 37.0 Å². The molecule has 1 aromatic rings. The van der Waals surface area contributed by atoms with Gasteiger partial charge >= 0.3 is 0 Å². The summed E-state index contributed by atoms with van der Waals surface area (Å²) in [5, 5.41) is 3.47. The fraction of sp³-hybridized carbons (Fsp3) is 0.571. The second-order valence-corrected chi connectivity index (χ2v) is 7.64. The van der Waals surface area contributed by atoms with Crippen molar-refractivity contribution >= 4 is 10.0 Å². The molecular formula is C14H19FN2O2S. The van der Waals surface area contributed by atoms with Gasteiger partial charge in [0.1, 0.15) is 5.82 Å². The van der Waals surface area contributed by atoms with Crippen LogP contribution in [0.15, 0.2) is 24.3 Å². The molecule has 2 fully saturated rings. The Morgan fingerprint density at radius 3 is 2.60 bits per heavy atom. The molecule has 0 aromatic heterocycles. The van der Waals surface area contributed by atoms with E-state index >= 15 is 0 Å². The summed E-state index contributed by atoms with van der Waals surface area (Å²) >= 11 is 0. The lowest BCUT2D eigenvalue weighted by Crippen LogP contribution is -2.39. The Kier molecular flexibility index (Phi) is 3.79. The van der Waals surface area contributed by atoms with Crippen LogP contribution >= 0.6 is 0 Å². The summed E-state index contributed by atoms with van der Waals surface area (Å²) in [6.45, 7) is 1.14. The molecule has 4 nitrogen and oxygen atoms in total. The van der Waals surface area contributed by atoms with E-state index in [-0.39, 0.29) is 17.6 Å². The lowest BCUT2D eigenvalue weighted by molar-refractivity contribution is 0.383. The van der Waals surface area contributed by atoms with Gasteiger partial charge in [0.2, 0.25) is 10.0 Å². The van der Waals surface area contributed by atoms with Crippen LogP contribution in [0.4, 0.5) is 4.39 Å². The summed E-state index contributed by atoms with van der Waals surface area (Å²) < 4.78 is 39.4. The Labute approximate surface area is 119 Å². The van der Waals surface area contributed by atoms with E-state index in [2.05, 4.69) is 5.32 Å². The van der Waals surface area contributed by atoms with Crippen molar-refractivity contribution in [3.8, 4) is 0 Å². The molecule has 2 aliphatic heterocycles. The van der Waals surface area contributed by atoms with Gasteiger partial charge in [-0.25, -0.2) is 17.1 Å². The maximum Gasteiger partial charge on any atom is 0.218 e. The second-order valence-electron chi connectivity index (χ2n) is 5.67. The molecule has 2 atom stereocenters. The van der Waals surface area contributed by atoms with Crippen LogP contribution in [-0.4, -0.2) is 37.9 Å². The van der Waals surface area contributed by atoms with Gasteiger partial charge in [0.25, 0.3) is 0 Å². The van der Waals surface area contributed by atoms with Crippen molar-refractivity contribution in [3.05, 3.63) is 35.6 Å². The summed E-state index contributed by atoms with van der Waals surface area (Å²) in [5.41, 5.74) is 0.633. The van der Waals surface area contributed by atoms with E-state index in [1.54, 1.807) is 4.31 Å². The molecule has 0 radical (unpaired) electrons. The van der Waals surface area contributed by atoms with Crippen LogP contribution in [-0.2, 0) is 15.8 Å². The molecule has 20 heavy (non-hydrogen) atoms. The number of benzene rings is 1. The minimum atomic E-state index is -3.32. The topological polar surface area (TPSA) is 49.4 Å². The van der Waals surface area contributed by atoms with E-state index in [0.29, 0.717) is 24.7 Å². The molecule has 0 amide bonds. The first-order valence-electron chi connectivity index (χ1n) is 7.01. The van der Waals surface area contributed by atoms with Gasteiger partial charge in [-0.15, -0.1) is 0 Å². The SMILES string of the molecule is O=S(=O)(Cc1ccc(F)cc1)N1CCC2CCC(C1)N2. The number of rotatable bonds is 3. The predicted octanol–water partition coefficient (Wildman–Crippen LogP) is 1.48. The van der Waals surface area contributed by atoms with Crippen LogP contribution in [0.25, 0.3) is 0 Å². The van der Waals surface area contributed by atoms with E-state index < -0.39 is 10.0 Å². The fourth-order valence-electron chi connectivity index (χ4n) is 3.05. The zero-order valence-electron chi connectivity index (χ0n) is 11.3. The Balaban J connectivity index is 1.72. The highest BCUT2D eigenvalue weighted by molar-refractivity contribution is 7.88. The molecule has 1 N–H and O–H groups in total. The molecule has 0 spiro atoms. The first kappa shape index (κ1) is 14.0. The summed E-state index contributed by atoms with van der Waals surface area (Å²) in [6, 6.07) is 6.43. The highest BCUT2D eigenvalue weighted by Crippen LogP contribution is 2.23. The quantitative estimate of drug-likeness (QED) is 0.919. The van der Waals surface area contributed by atoms with Crippen LogP contribution in [0, 0.1) is 5.82 Å². The third kappa shape index (κ3) is 3.02. The summed E-state index contributed by atoms with van der Waals surface area (Å²) in [6.07, 6.45) is 3.07. The maximum atomic E-state index is 12.9. The monoisotopic (exact) mass is 298 g/mol. The predicted molar refractivity (Wildman–Crippen MR) is 75.2 cm³/mol. The van der Waals surface area contributed by atoms with Crippen LogP contribution in [0.5, 0.6) is 0 Å². The summed E-state index contributed by atoms with van der Waals surface area (Å²) in [7, 11) is -3.32. The van der Waals surface area contributed by atoms with Crippen LogP contribution in [0.2, 0.25) is 0 Å². The molecule has 2 saturated heterocycles. The second kappa shape index (κ2) is 5.42. The van der Waals surface area contributed by atoms with Crippen LogP contribution in [0.1, 0.15) is 24.8 Å². The number of nitrogens with zero attached hydrogens (tertiary/aromatic N) is 1. The van der Waals surface area contributed by atoms with Crippen molar-refractivity contribution in [2.45, 2.75) is 37.1 Å². The maximum absolute atomic E-state index is 12.9. The molecule has 2 aliphatic rings. The first-order valence-corrected chi connectivity index (χ1v) is 8.62. The zero-order valence-corrected chi connectivity index (χ0v) is 12.1. The third-order valence-corrected chi connectivity index (χ3v) is 5.96. The van der Waals surface area contributed by atoms with E-state index in [1.165, 1.54) is 24.3 Å². The fourth-order valence-corrected chi connectivity index (χ4v) is 4.63. The van der Waals surface area contributed by atoms with Gasteiger partial charge in [-0.1, -0.05) is 12.1 Å². The van der Waals surface area contributed by atoms with E-state index in [0.717, 1.165) is 19.3 Å². The molecule has 3 rings (SSSR count). The van der Waals surface area contributed by atoms with Crippen molar-refractivity contribution in [2.75, 3.05) is 13.1 Å². The molecule has 2 unspecified atom stereocenters. The van der Waals surface area contributed by atoms with Gasteiger partial charge < -0.3 is 5.32 Å². The Morgan fingerprint density at radius 2 is 1.85 bits per heavy atom. The largest absolute Gasteiger partial charge is 0.310 e. The molecule has 1 aromatic carbocycles. The van der Waals surface area contributed by atoms with E-state index in [1.807, 2.05) is 0 Å². The minimum Gasteiger partial charge on any atom is -0.310 e. The molecular weight excluding hydrogens is 279 g/mol.